The number of nitrogens with zero attached hydrogens (tertiary/aromatic N) is 3. The van der Waals surface area contributed by atoms with E-state index in [-0.39, 0.29) is 12.0 Å². The van der Waals surface area contributed by atoms with Gasteiger partial charge in [0, 0.05) is 20.1 Å². The highest BCUT2D eigenvalue weighted by molar-refractivity contribution is 5.92. The molecular weight excluding hydrogens is 316 g/mol. The van der Waals surface area contributed by atoms with Crippen LogP contribution >= 0.6 is 0 Å². The van der Waals surface area contributed by atoms with Crippen molar-refractivity contribution in [2.24, 2.45) is 7.05 Å². The Morgan fingerprint density at radius 2 is 2.00 bits per heavy atom. The zero-order valence-electron chi connectivity index (χ0n) is 15.2. The molecule has 6 heteroatoms. The number of para-hydroxylation sites is 1. The molecule has 6 nitrogen and oxygen atoms in total. The van der Waals surface area contributed by atoms with E-state index in [9.17, 15) is 4.79 Å². The van der Waals surface area contributed by atoms with Crippen LogP contribution in [0.5, 0.6) is 5.75 Å². The van der Waals surface area contributed by atoms with Crippen LogP contribution < -0.4 is 10.1 Å². The minimum Gasteiger partial charge on any atom is -0.490 e. The average Bonchev–Trinajstić information content (AvgIpc) is 2.91. The molecule has 1 aliphatic heterocycles. The molecule has 1 amide bonds. The van der Waals surface area contributed by atoms with Gasteiger partial charge in [0.25, 0.3) is 0 Å². The van der Waals surface area contributed by atoms with Gasteiger partial charge in [0.15, 0.2) is 0 Å². The highest BCUT2D eigenvalue weighted by atomic mass is 16.5. The van der Waals surface area contributed by atoms with Crippen LogP contribution in [0.2, 0.25) is 0 Å². The first-order valence-corrected chi connectivity index (χ1v) is 8.76. The van der Waals surface area contributed by atoms with Crippen molar-refractivity contribution in [1.29, 1.82) is 0 Å². The van der Waals surface area contributed by atoms with Crippen LogP contribution in [0.25, 0.3) is 0 Å². The summed E-state index contributed by atoms with van der Waals surface area (Å²) in [6, 6.07) is 8.11. The second kappa shape index (κ2) is 7.70. The number of rotatable bonds is 5. The quantitative estimate of drug-likeness (QED) is 0.907. The first-order valence-electron chi connectivity index (χ1n) is 8.76. The van der Waals surface area contributed by atoms with Crippen molar-refractivity contribution in [1.82, 2.24) is 14.7 Å². The molecule has 1 N–H and O–H groups in total. The lowest BCUT2D eigenvalue weighted by atomic mass is 10.1. The smallest absolute Gasteiger partial charge is 0.238 e. The Morgan fingerprint density at radius 3 is 2.64 bits per heavy atom. The molecule has 134 valence electrons. The number of aryl methyl sites for hydroxylation is 2. The average molecular weight is 342 g/mol. The number of anilines is 1. The number of benzene rings is 1. The normalized spacial score (nSPS) is 16.0. The Kier molecular flexibility index (Phi) is 5.38. The number of amides is 1. The minimum atomic E-state index is 0.00868. The van der Waals surface area contributed by atoms with Crippen LogP contribution in [0.1, 0.15) is 24.1 Å². The third-order valence-corrected chi connectivity index (χ3v) is 4.80. The van der Waals surface area contributed by atoms with E-state index < -0.39 is 0 Å². The van der Waals surface area contributed by atoms with Gasteiger partial charge in [-0.3, -0.25) is 14.4 Å². The topological polar surface area (TPSA) is 59.4 Å². The SMILES string of the molecule is Cc1ccccc1OC1CCN(CC(=O)Nc2cnn(C)c2C)CC1. The second-order valence-corrected chi connectivity index (χ2v) is 6.67. The fourth-order valence-corrected chi connectivity index (χ4v) is 3.07. The maximum Gasteiger partial charge on any atom is 0.238 e. The summed E-state index contributed by atoms with van der Waals surface area (Å²) in [6.45, 7) is 6.16. The molecule has 1 fully saturated rings. The summed E-state index contributed by atoms with van der Waals surface area (Å²) in [7, 11) is 1.87. The van der Waals surface area contributed by atoms with Gasteiger partial charge < -0.3 is 10.1 Å². The maximum atomic E-state index is 12.2. The summed E-state index contributed by atoms with van der Waals surface area (Å²) >= 11 is 0. The zero-order chi connectivity index (χ0) is 17.8. The summed E-state index contributed by atoms with van der Waals surface area (Å²) in [6.07, 6.45) is 3.79. The van der Waals surface area contributed by atoms with Gasteiger partial charge in [-0.15, -0.1) is 0 Å². The molecule has 1 aliphatic rings. The van der Waals surface area contributed by atoms with Crippen molar-refractivity contribution in [3.63, 3.8) is 0 Å². The Bertz CT molecular complexity index is 733. The predicted octanol–water partition coefficient (Wildman–Crippen LogP) is 2.52. The highest BCUT2D eigenvalue weighted by Crippen LogP contribution is 2.22. The van der Waals surface area contributed by atoms with E-state index in [1.807, 2.05) is 32.2 Å². The van der Waals surface area contributed by atoms with Crippen molar-refractivity contribution in [2.75, 3.05) is 25.0 Å². The summed E-state index contributed by atoms with van der Waals surface area (Å²) in [5, 5.41) is 7.09. The Morgan fingerprint density at radius 1 is 1.28 bits per heavy atom. The Balaban J connectivity index is 1.45. The molecule has 0 spiro atoms. The van der Waals surface area contributed by atoms with Gasteiger partial charge >= 0.3 is 0 Å². The van der Waals surface area contributed by atoms with Crippen LogP contribution in [0, 0.1) is 13.8 Å². The van der Waals surface area contributed by atoms with E-state index in [1.54, 1.807) is 10.9 Å². The first kappa shape index (κ1) is 17.5. The number of carbonyl (C=O) groups excluding carboxylic acids is 1. The van der Waals surface area contributed by atoms with Gasteiger partial charge in [0.2, 0.25) is 5.91 Å². The van der Waals surface area contributed by atoms with Gasteiger partial charge in [0.05, 0.1) is 24.1 Å². The van der Waals surface area contributed by atoms with E-state index in [0.29, 0.717) is 6.54 Å². The lowest BCUT2D eigenvalue weighted by Crippen LogP contribution is -2.42. The standard InChI is InChI=1S/C19H26N4O2/c1-14-6-4-5-7-18(14)25-16-8-10-23(11-9-16)13-19(24)21-17-12-20-22(3)15(17)2/h4-7,12,16H,8-11,13H2,1-3H3,(H,21,24). The predicted molar refractivity (Wildman–Crippen MR) is 97.8 cm³/mol. The number of carbonyl (C=O) groups is 1. The van der Waals surface area contributed by atoms with E-state index in [4.69, 9.17) is 4.74 Å². The second-order valence-electron chi connectivity index (χ2n) is 6.67. The monoisotopic (exact) mass is 342 g/mol. The van der Waals surface area contributed by atoms with E-state index in [1.165, 1.54) is 0 Å². The molecule has 3 rings (SSSR count). The van der Waals surface area contributed by atoms with Gasteiger partial charge in [-0.25, -0.2) is 0 Å². The number of piperidine rings is 1. The van der Waals surface area contributed by atoms with Crippen molar-refractivity contribution < 1.29 is 9.53 Å². The molecule has 0 aliphatic carbocycles. The van der Waals surface area contributed by atoms with Crippen LogP contribution in [-0.2, 0) is 11.8 Å². The number of ether oxygens (including phenoxy) is 1. The van der Waals surface area contributed by atoms with Crippen LogP contribution in [0.3, 0.4) is 0 Å². The number of hydrogen-bond donors (Lipinski definition) is 1. The first-order chi connectivity index (χ1) is 12.0. The fourth-order valence-electron chi connectivity index (χ4n) is 3.07. The van der Waals surface area contributed by atoms with E-state index >= 15 is 0 Å². The Hall–Kier alpha value is -2.34. The molecule has 0 radical (unpaired) electrons. The Labute approximate surface area is 148 Å². The molecule has 2 heterocycles. The number of hydrogen-bond acceptors (Lipinski definition) is 4. The molecule has 0 saturated carbocycles. The number of likely N-dealkylation sites (tertiary alicyclic amines) is 1. The lowest BCUT2D eigenvalue weighted by Gasteiger charge is -2.31. The van der Waals surface area contributed by atoms with Crippen LogP contribution in [0.4, 0.5) is 5.69 Å². The number of aromatic nitrogens is 2. The summed E-state index contributed by atoms with van der Waals surface area (Å²) < 4.78 is 7.87. The van der Waals surface area contributed by atoms with Crippen molar-refractivity contribution in [2.45, 2.75) is 32.8 Å². The molecular formula is C19H26N4O2. The molecule has 25 heavy (non-hydrogen) atoms. The molecule has 0 bridgehead atoms. The van der Waals surface area contributed by atoms with E-state index in [0.717, 1.165) is 48.6 Å². The highest BCUT2D eigenvalue weighted by Gasteiger charge is 2.22. The van der Waals surface area contributed by atoms with Crippen molar-refractivity contribution in [3.05, 3.63) is 41.7 Å². The summed E-state index contributed by atoms with van der Waals surface area (Å²) in [4.78, 5) is 14.4. The van der Waals surface area contributed by atoms with E-state index in [2.05, 4.69) is 28.3 Å². The molecule has 2 aromatic rings. The maximum absolute atomic E-state index is 12.2. The summed E-state index contributed by atoms with van der Waals surface area (Å²) in [5.74, 6) is 0.972. The summed E-state index contributed by atoms with van der Waals surface area (Å²) in [5.41, 5.74) is 2.90. The minimum absolute atomic E-state index is 0.00868. The largest absolute Gasteiger partial charge is 0.490 e. The molecule has 1 aromatic carbocycles. The van der Waals surface area contributed by atoms with Gasteiger partial charge in [-0.2, -0.15) is 5.10 Å². The van der Waals surface area contributed by atoms with Crippen LogP contribution in [0.15, 0.2) is 30.5 Å². The van der Waals surface area contributed by atoms with Crippen molar-refractivity contribution in [3.8, 4) is 5.75 Å². The molecule has 0 atom stereocenters. The molecule has 0 unspecified atom stereocenters. The molecule has 1 saturated heterocycles. The molecule has 1 aromatic heterocycles. The van der Waals surface area contributed by atoms with Crippen LogP contribution in [-0.4, -0.2) is 46.3 Å². The van der Waals surface area contributed by atoms with Crippen molar-refractivity contribution >= 4 is 11.6 Å². The lowest BCUT2D eigenvalue weighted by molar-refractivity contribution is -0.117. The fraction of sp³-hybridized carbons (Fsp3) is 0.474. The zero-order valence-corrected chi connectivity index (χ0v) is 15.2. The third-order valence-electron chi connectivity index (χ3n) is 4.80. The van der Waals surface area contributed by atoms with Gasteiger partial charge in [-0.1, -0.05) is 18.2 Å². The van der Waals surface area contributed by atoms with Gasteiger partial charge in [-0.05, 0) is 38.3 Å². The van der Waals surface area contributed by atoms with Gasteiger partial charge in [0.1, 0.15) is 11.9 Å². The number of nitrogens with one attached hydrogen (secondary N) is 1. The third kappa shape index (κ3) is 4.39.